The van der Waals surface area contributed by atoms with Gasteiger partial charge in [-0.25, -0.2) is 4.98 Å². The Morgan fingerprint density at radius 1 is 0.547 bits per heavy atom. The summed E-state index contributed by atoms with van der Waals surface area (Å²) in [4.78, 5) is 4.93. The molecule has 13 aromatic rings. The molecule has 0 fully saturated rings. The molecular formula is C68H52N4O2Pt-2. The second kappa shape index (κ2) is 18.6. The van der Waals surface area contributed by atoms with E-state index >= 15 is 0 Å². The van der Waals surface area contributed by atoms with Crippen LogP contribution in [0.5, 0.6) is 11.5 Å². The van der Waals surface area contributed by atoms with Crippen LogP contribution in [0.15, 0.2) is 211 Å². The molecule has 0 bridgehead atoms. The van der Waals surface area contributed by atoms with E-state index in [0.717, 1.165) is 60.6 Å². The van der Waals surface area contributed by atoms with E-state index in [9.17, 15) is 5.48 Å². The first-order valence-corrected chi connectivity index (χ1v) is 24.5. The smallest absolute Gasteiger partial charge is 0.268 e. The Morgan fingerprint density at radius 3 is 1.97 bits per heavy atom. The second-order valence-corrected chi connectivity index (χ2v) is 20.5. The number of imidazole rings is 1. The SMILES string of the molecule is [2H]c1c([2H])c([2H])c(-c2cccc(-c3c([2H])c([2H])c([2H])c([2H])c3[2H])c2-[n+]2[c-]n(-c3[c-]c(Oc4[c-]c5c(cc4)c4cc(-c6ccccc6)ccc4n5-c4cc(C(C)(C)C)ccn4)cc(C(C)(C)C)c3)c3cc4oc5ccccc5c4cc32)c([2H])c1[2H].[Pt]. The van der Waals surface area contributed by atoms with Crippen LogP contribution in [0.25, 0.3) is 105 Å². The number of rotatable bonds is 8. The molecule has 0 unspecified atom stereocenters. The van der Waals surface area contributed by atoms with Gasteiger partial charge in [0.1, 0.15) is 17.0 Å². The quantitative estimate of drug-likeness (QED) is 0.113. The molecule has 9 aromatic carbocycles. The molecule has 0 aliphatic heterocycles. The van der Waals surface area contributed by atoms with Crippen molar-refractivity contribution in [3.05, 3.63) is 236 Å². The Bertz CT molecular complexity index is 4780. The predicted octanol–water partition coefficient (Wildman–Crippen LogP) is 17.1. The van der Waals surface area contributed by atoms with Gasteiger partial charge in [0, 0.05) is 55.1 Å². The van der Waals surface area contributed by atoms with Gasteiger partial charge in [0.2, 0.25) is 0 Å². The van der Waals surface area contributed by atoms with Crippen LogP contribution in [0.1, 0.15) is 66.4 Å². The minimum atomic E-state index is -0.588. The third kappa shape index (κ3) is 8.53. The van der Waals surface area contributed by atoms with Crippen LogP contribution in [0, 0.1) is 18.5 Å². The summed E-state index contributed by atoms with van der Waals surface area (Å²) in [7, 11) is 0. The number of hydrogen-bond donors (Lipinski definition) is 0. The van der Waals surface area contributed by atoms with Gasteiger partial charge >= 0.3 is 0 Å². The molecule has 368 valence electrons. The molecule has 0 atom stereocenters. The summed E-state index contributed by atoms with van der Waals surface area (Å²) >= 11 is 0. The molecule has 75 heavy (non-hydrogen) atoms. The number of aromatic nitrogens is 4. The van der Waals surface area contributed by atoms with Crippen molar-refractivity contribution in [1.29, 1.82) is 0 Å². The molecule has 0 amide bonds. The van der Waals surface area contributed by atoms with Crippen LogP contribution in [0.3, 0.4) is 0 Å². The molecular weight excluding hydrogens is 1100 g/mol. The number of para-hydroxylation sites is 2. The minimum Gasteiger partial charge on any atom is -0.510 e. The maximum atomic E-state index is 9.27. The van der Waals surface area contributed by atoms with E-state index in [1.54, 1.807) is 27.3 Å². The molecule has 0 saturated heterocycles. The van der Waals surface area contributed by atoms with Crippen molar-refractivity contribution in [1.82, 2.24) is 14.1 Å². The van der Waals surface area contributed by atoms with E-state index in [-0.39, 0.29) is 54.4 Å². The Balaban J connectivity index is 0.00000709. The zero-order chi connectivity index (χ0) is 59.0. The van der Waals surface area contributed by atoms with Gasteiger partial charge in [0.05, 0.1) is 30.4 Å². The fourth-order valence-corrected chi connectivity index (χ4v) is 9.92. The molecule has 6 nitrogen and oxygen atoms in total. The standard InChI is InChI=1S/C68H52N4O2.Pt/c1-67(2,3)48-33-34-69-65(38-48)72-59-32-29-47(44-19-10-7-11-20-44)35-57(59)55-31-30-51(40-60(55)72)73-52-37-49(68(4,5)6)36-50(39-52)70-43-71(61-41-58-56-25-16-17-28-63(56)74-64(58)42-62(61)70)66-53(45-21-12-8-13-22-45)26-18-27-54(66)46-23-14-9-15-24-46;/h7-38,41-42H,1-6H3;/q-2;/i8D,9D,12D,13D,14D,15D,21D,22D,23D,24D;. The van der Waals surface area contributed by atoms with E-state index in [2.05, 4.69) is 101 Å². The summed E-state index contributed by atoms with van der Waals surface area (Å²) in [5.74, 6) is 1.49. The van der Waals surface area contributed by atoms with Crippen LogP contribution in [0.2, 0.25) is 0 Å². The second-order valence-electron chi connectivity index (χ2n) is 20.5. The van der Waals surface area contributed by atoms with Crippen molar-refractivity contribution in [2.24, 2.45) is 0 Å². The van der Waals surface area contributed by atoms with Crippen molar-refractivity contribution >= 4 is 54.8 Å². The van der Waals surface area contributed by atoms with E-state index in [4.69, 9.17) is 22.4 Å². The first kappa shape index (κ1) is 37.4. The third-order valence-electron chi connectivity index (χ3n) is 13.7. The average Bonchev–Trinajstić information content (AvgIpc) is 2.20. The van der Waals surface area contributed by atoms with E-state index in [1.165, 1.54) is 0 Å². The van der Waals surface area contributed by atoms with Gasteiger partial charge < -0.3 is 18.3 Å². The molecule has 4 aromatic heterocycles. The first-order valence-electron chi connectivity index (χ1n) is 29.5. The largest absolute Gasteiger partial charge is 0.510 e. The summed E-state index contributed by atoms with van der Waals surface area (Å²) in [5, 5.41) is 3.49. The third-order valence-corrected chi connectivity index (χ3v) is 13.7. The van der Waals surface area contributed by atoms with Gasteiger partial charge in [-0.2, -0.15) is 17.7 Å². The normalized spacial score (nSPS) is 13.9. The van der Waals surface area contributed by atoms with Gasteiger partial charge in [-0.15, -0.1) is 29.7 Å². The fourth-order valence-electron chi connectivity index (χ4n) is 9.92. The van der Waals surface area contributed by atoms with Gasteiger partial charge in [0.15, 0.2) is 0 Å². The van der Waals surface area contributed by atoms with Gasteiger partial charge in [-0.3, -0.25) is 4.57 Å². The Labute approximate surface area is 465 Å². The zero-order valence-electron chi connectivity index (χ0n) is 51.8. The predicted molar refractivity (Wildman–Crippen MR) is 301 cm³/mol. The maximum Gasteiger partial charge on any atom is 0.268 e. The first-order chi connectivity index (χ1) is 40.1. The van der Waals surface area contributed by atoms with Crippen LogP contribution in [-0.2, 0) is 31.9 Å². The van der Waals surface area contributed by atoms with Crippen molar-refractivity contribution < 1.29 is 48.5 Å². The summed E-state index contributed by atoms with van der Waals surface area (Å²) in [6.07, 6.45) is 5.40. The monoisotopic (exact) mass is 1160 g/mol. The molecule has 0 aliphatic carbocycles. The minimum absolute atomic E-state index is 0. The van der Waals surface area contributed by atoms with Crippen molar-refractivity contribution in [3.8, 4) is 62.1 Å². The number of benzene rings is 9. The summed E-state index contributed by atoms with van der Waals surface area (Å²) in [5.41, 5.74) is 7.90. The van der Waals surface area contributed by atoms with Crippen LogP contribution >= 0.6 is 0 Å². The van der Waals surface area contributed by atoms with Crippen molar-refractivity contribution in [2.45, 2.75) is 52.4 Å². The molecule has 7 heteroatoms. The number of pyridine rings is 1. The molecule has 0 aliphatic rings. The van der Waals surface area contributed by atoms with E-state index < -0.39 is 65.8 Å². The van der Waals surface area contributed by atoms with Gasteiger partial charge in [-0.1, -0.05) is 186 Å². The van der Waals surface area contributed by atoms with E-state index in [1.807, 2.05) is 91.1 Å². The Hall–Kier alpha value is -8.31. The molecule has 0 radical (unpaired) electrons. The van der Waals surface area contributed by atoms with Crippen LogP contribution in [-0.4, -0.2) is 14.1 Å². The average molecular weight is 1160 g/mol. The number of furan rings is 1. The van der Waals surface area contributed by atoms with Crippen molar-refractivity contribution in [2.75, 3.05) is 0 Å². The number of ether oxygens (including phenoxy) is 1. The Morgan fingerprint density at radius 2 is 1.25 bits per heavy atom. The van der Waals surface area contributed by atoms with Gasteiger partial charge in [0.25, 0.3) is 6.33 Å². The molecule has 0 spiro atoms. The zero-order valence-corrected chi connectivity index (χ0v) is 44.1. The summed E-state index contributed by atoms with van der Waals surface area (Å²) in [6.45, 7) is 12.8. The molecule has 0 saturated carbocycles. The summed E-state index contributed by atoms with van der Waals surface area (Å²) in [6, 6.07) is 46.7. The van der Waals surface area contributed by atoms with E-state index in [0.29, 0.717) is 39.4 Å². The van der Waals surface area contributed by atoms with Crippen LogP contribution < -0.4 is 9.30 Å². The number of hydrogen-bond acceptors (Lipinski definition) is 3. The van der Waals surface area contributed by atoms with Crippen molar-refractivity contribution in [3.63, 3.8) is 0 Å². The fraction of sp³-hybridized carbons (Fsp3) is 0.118. The number of fused-ring (bicyclic) bond motifs is 7. The number of nitrogens with zero attached hydrogens (tertiary/aromatic N) is 4. The van der Waals surface area contributed by atoms with Crippen LogP contribution in [0.4, 0.5) is 0 Å². The maximum absolute atomic E-state index is 9.27. The topological polar surface area (TPSA) is 49.0 Å². The molecule has 13 rings (SSSR count). The summed E-state index contributed by atoms with van der Waals surface area (Å²) < 4.78 is 108. The molecule has 0 N–H and O–H groups in total. The molecule has 4 heterocycles. The van der Waals surface area contributed by atoms with Gasteiger partial charge in [-0.05, 0) is 97.2 Å². The Kier molecular flexibility index (Phi) is 9.26.